The van der Waals surface area contributed by atoms with E-state index in [1.165, 1.54) is 45.2 Å². The minimum absolute atomic E-state index is 0. The van der Waals surface area contributed by atoms with Crippen LogP contribution in [0.2, 0.25) is 0 Å². The summed E-state index contributed by atoms with van der Waals surface area (Å²) in [6.07, 6.45) is 10.6. The molecule has 26 heavy (non-hydrogen) atoms. The van der Waals surface area contributed by atoms with Crippen LogP contribution < -0.4 is 10.6 Å². The molecule has 0 saturated carbocycles. The molecule has 0 spiro atoms. The Kier molecular flexibility index (Phi) is 11.2. The molecule has 150 valence electrons. The van der Waals surface area contributed by atoms with Gasteiger partial charge in [-0.1, -0.05) is 12.8 Å². The van der Waals surface area contributed by atoms with E-state index in [0.717, 1.165) is 39.0 Å². The van der Waals surface area contributed by atoms with Gasteiger partial charge in [-0.25, -0.2) is 0 Å². The van der Waals surface area contributed by atoms with Crippen LogP contribution in [0.4, 0.5) is 0 Å². The maximum absolute atomic E-state index is 12.2. The normalized spacial score (nSPS) is 21.2. The van der Waals surface area contributed by atoms with Crippen LogP contribution in [0, 0.1) is 0 Å². The molecule has 2 aliphatic rings. The second-order valence-corrected chi connectivity index (χ2v) is 7.05. The number of aromatic nitrogens is 2. The van der Waals surface area contributed by atoms with Crippen LogP contribution in [0.25, 0.3) is 0 Å². The van der Waals surface area contributed by atoms with Crippen LogP contribution in [-0.4, -0.2) is 59.9 Å². The smallest absolute Gasteiger partial charge is 0.271 e. The molecule has 1 aromatic heterocycles. The Morgan fingerprint density at radius 3 is 2.65 bits per heavy atom. The van der Waals surface area contributed by atoms with E-state index in [-0.39, 0.29) is 30.7 Å². The van der Waals surface area contributed by atoms with Gasteiger partial charge in [0.05, 0.1) is 6.04 Å². The van der Waals surface area contributed by atoms with Crippen LogP contribution in [0.3, 0.4) is 0 Å². The molecule has 3 heterocycles. The van der Waals surface area contributed by atoms with Crippen molar-refractivity contribution in [3.05, 3.63) is 18.0 Å². The average Bonchev–Trinajstić information content (AvgIpc) is 2.97. The van der Waals surface area contributed by atoms with Crippen molar-refractivity contribution in [1.82, 2.24) is 25.3 Å². The zero-order valence-corrected chi connectivity index (χ0v) is 17.1. The van der Waals surface area contributed by atoms with Crippen molar-refractivity contribution in [2.24, 2.45) is 0 Å². The van der Waals surface area contributed by atoms with Crippen molar-refractivity contribution in [3.63, 3.8) is 0 Å². The Morgan fingerprint density at radius 1 is 1.19 bits per heavy atom. The predicted octanol–water partition coefficient (Wildman–Crippen LogP) is 2.65. The molecule has 0 bridgehead atoms. The van der Waals surface area contributed by atoms with Gasteiger partial charge in [-0.2, -0.15) is 5.10 Å². The van der Waals surface area contributed by atoms with Crippen LogP contribution >= 0.6 is 24.8 Å². The molecule has 3 rings (SSSR count). The molecule has 8 heteroatoms. The summed E-state index contributed by atoms with van der Waals surface area (Å²) < 4.78 is 1.94. The second-order valence-electron chi connectivity index (χ2n) is 7.05. The van der Waals surface area contributed by atoms with E-state index < -0.39 is 0 Å². The molecule has 0 aliphatic carbocycles. The molecule has 1 unspecified atom stereocenters. The number of likely N-dealkylation sites (tertiary alicyclic amines) is 1. The number of hydrogen-bond donors (Lipinski definition) is 2. The summed E-state index contributed by atoms with van der Waals surface area (Å²) in [6, 6.07) is 2.21. The number of nitrogens with zero attached hydrogens (tertiary/aromatic N) is 3. The SMILES string of the molecule is Cl.Cl.O=C(NCCCN1CCCCCC1)c1ccn(C2CCCNC2)n1. The molecule has 1 amide bonds. The molecule has 0 aromatic carbocycles. The minimum atomic E-state index is -0.0478. The van der Waals surface area contributed by atoms with Crippen LogP contribution in [0.5, 0.6) is 0 Å². The minimum Gasteiger partial charge on any atom is -0.351 e. The van der Waals surface area contributed by atoms with Gasteiger partial charge < -0.3 is 15.5 Å². The first kappa shape index (κ1) is 23.2. The highest BCUT2D eigenvalue weighted by Gasteiger charge is 2.17. The first-order chi connectivity index (χ1) is 11.8. The Balaban J connectivity index is 0.00000169. The lowest BCUT2D eigenvalue weighted by Gasteiger charge is -2.22. The van der Waals surface area contributed by atoms with Crippen molar-refractivity contribution in [2.75, 3.05) is 39.3 Å². The Bertz CT molecular complexity index is 511. The zero-order chi connectivity index (χ0) is 16.6. The first-order valence-corrected chi connectivity index (χ1v) is 9.59. The van der Waals surface area contributed by atoms with Gasteiger partial charge in [-0.05, 0) is 64.3 Å². The van der Waals surface area contributed by atoms with Crippen LogP contribution in [0.1, 0.15) is 61.5 Å². The molecule has 2 fully saturated rings. The second kappa shape index (κ2) is 12.5. The Labute approximate surface area is 169 Å². The lowest BCUT2D eigenvalue weighted by molar-refractivity contribution is 0.0945. The molecule has 0 radical (unpaired) electrons. The van der Waals surface area contributed by atoms with Crippen molar-refractivity contribution < 1.29 is 4.79 Å². The molecular weight excluding hydrogens is 373 g/mol. The summed E-state index contributed by atoms with van der Waals surface area (Å²) >= 11 is 0. The van der Waals surface area contributed by atoms with Gasteiger partial charge in [-0.15, -0.1) is 24.8 Å². The Hall–Kier alpha value is -0.820. The highest BCUT2D eigenvalue weighted by Crippen LogP contribution is 2.15. The monoisotopic (exact) mass is 405 g/mol. The van der Waals surface area contributed by atoms with E-state index in [1.807, 2.05) is 16.9 Å². The van der Waals surface area contributed by atoms with E-state index in [4.69, 9.17) is 0 Å². The van der Waals surface area contributed by atoms with Gasteiger partial charge in [0.25, 0.3) is 5.91 Å². The van der Waals surface area contributed by atoms with Crippen molar-refractivity contribution in [3.8, 4) is 0 Å². The zero-order valence-electron chi connectivity index (χ0n) is 15.5. The van der Waals surface area contributed by atoms with Crippen molar-refractivity contribution in [1.29, 1.82) is 0 Å². The fourth-order valence-electron chi connectivity index (χ4n) is 3.68. The number of carbonyl (C=O) groups is 1. The number of rotatable bonds is 6. The molecule has 2 saturated heterocycles. The van der Waals surface area contributed by atoms with Crippen LogP contribution in [-0.2, 0) is 0 Å². The topological polar surface area (TPSA) is 62.2 Å². The van der Waals surface area contributed by atoms with Gasteiger partial charge in [0.1, 0.15) is 5.69 Å². The van der Waals surface area contributed by atoms with E-state index in [9.17, 15) is 4.79 Å². The lowest BCUT2D eigenvalue weighted by Crippen LogP contribution is -2.32. The number of halogens is 2. The van der Waals surface area contributed by atoms with Gasteiger partial charge in [0.15, 0.2) is 0 Å². The van der Waals surface area contributed by atoms with E-state index >= 15 is 0 Å². The summed E-state index contributed by atoms with van der Waals surface area (Å²) in [5, 5.41) is 10.9. The Morgan fingerprint density at radius 2 is 1.96 bits per heavy atom. The molecule has 1 atom stereocenters. The third kappa shape index (κ3) is 7.06. The maximum Gasteiger partial charge on any atom is 0.271 e. The van der Waals surface area contributed by atoms with E-state index in [0.29, 0.717) is 11.7 Å². The van der Waals surface area contributed by atoms with Gasteiger partial charge in [0, 0.05) is 19.3 Å². The largest absolute Gasteiger partial charge is 0.351 e. The third-order valence-electron chi connectivity index (χ3n) is 5.12. The standard InChI is InChI=1S/C18H31N5O.2ClH/c24-18(20-10-6-13-22-11-3-1-2-4-12-22)17-8-14-23(21-17)16-7-5-9-19-15-16;;/h8,14,16,19H,1-7,9-13,15H2,(H,20,24);2*1H. The van der Waals surface area contributed by atoms with E-state index in [2.05, 4.69) is 20.6 Å². The van der Waals surface area contributed by atoms with Gasteiger partial charge >= 0.3 is 0 Å². The number of amides is 1. The molecule has 6 nitrogen and oxygen atoms in total. The number of nitrogens with one attached hydrogen (secondary N) is 2. The molecule has 2 aliphatic heterocycles. The van der Waals surface area contributed by atoms with E-state index in [1.54, 1.807) is 0 Å². The summed E-state index contributed by atoms with van der Waals surface area (Å²) in [7, 11) is 0. The van der Waals surface area contributed by atoms with Gasteiger partial charge in [0.2, 0.25) is 0 Å². The fraction of sp³-hybridized carbons (Fsp3) is 0.778. The summed E-state index contributed by atoms with van der Waals surface area (Å²) in [5.41, 5.74) is 0.537. The quantitative estimate of drug-likeness (QED) is 0.713. The number of carbonyl (C=O) groups excluding carboxylic acids is 1. The highest BCUT2D eigenvalue weighted by atomic mass is 35.5. The molecule has 2 N–H and O–H groups in total. The third-order valence-corrected chi connectivity index (χ3v) is 5.12. The fourth-order valence-corrected chi connectivity index (χ4v) is 3.68. The van der Waals surface area contributed by atoms with Crippen molar-refractivity contribution >= 4 is 30.7 Å². The maximum atomic E-state index is 12.2. The lowest BCUT2D eigenvalue weighted by atomic mass is 10.1. The molecule has 1 aromatic rings. The summed E-state index contributed by atoms with van der Waals surface area (Å²) in [6.45, 7) is 6.28. The summed E-state index contributed by atoms with van der Waals surface area (Å²) in [4.78, 5) is 14.8. The number of hydrogen-bond acceptors (Lipinski definition) is 4. The average molecular weight is 406 g/mol. The van der Waals surface area contributed by atoms with Crippen molar-refractivity contribution in [2.45, 2.75) is 51.0 Å². The first-order valence-electron chi connectivity index (χ1n) is 9.59. The molecular formula is C18H33Cl2N5O. The summed E-state index contributed by atoms with van der Waals surface area (Å²) in [5.74, 6) is -0.0478. The van der Waals surface area contributed by atoms with Gasteiger partial charge in [-0.3, -0.25) is 9.48 Å². The van der Waals surface area contributed by atoms with Crippen LogP contribution in [0.15, 0.2) is 12.3 Å². The number of piperidine rings is 1. The predicted molar refractivity (Wildman–Crippen MR) is 110 cm³/mol. The highest BCUT2D eigenvalue weighted by molar-refractivity contribution is 5.92.